The van der Waals surface area contributed by atoms with Gasteiger partial charge in [-0.2, -0.15) is 5.10 Å². The van der Waals surface area contributed by atoms with Gasteiger partial charge in [0.15, 0.2) is 0 Å². The van der Waals surface area contributed by atoms with Gasteiger partial charge in [0.25, 0.3) is 5.91 Å². The number of anilines is 1. The van der Waals surface area contributed by atoms with Crippen molar-refractivity contribution in [3.63, 3.8) is 0 Å². The summed E-state index contributed by atoms with van der Waals surface area (Å²) in [5, 5.41) is 6.91. The van der Waals surface area contributed by atoms with Crippen LogP contribution in [-0.2, 0) is 6.54 Å². The van der Waals surface area contributed by atoms with Crippen LogP contribution in [0.3, 0.4) is 0 Å². The minimum absolute atomic E-state index is 0.168. The van der Waals surface area contributed by atoms with Gasteiger partial charge in [0.05, 0.1) is 17.4 Å². The van der Waals surface area contributed by atoms with E-state index in [1.807, 2.05) is 19.1 Å². The van der Waals surface area contributed by atoms with Crippen LogP contribution in [0.5, 0.6) is 0 Å². The van der Waals surface area contributed by atoms with Crippen LogP contribution in [0, 0.1) is 0 Å². The molecule has 0 saturated carbocycles. The second-order valence-corrected chi connectivity index (χ2v) is 5.43. The predicted molar refractivity (Wildman–Crippen MR) is 77.7 cm³/mol. The molecule has 1 heterocycles. The summed E-state index contributed by atoms with van der Waals surface area (Å²) in [6.07, 6.45) is 3.43. The molecule has 1 aromatic carbocycles. The first-order valence-electron chi connectivity index (χ1n) is 5.39. The van der Waals surface area contributed by atoms with Crippen molar-refractivity contribution in [2.24, 2.45) is 0 Å². The van der Waals surface area contributed by atoms with Crippen LogP contribution in [-0.4, -0.2) is 15.7 Å². The number of benzene rings is 1. The lowest BCUT2D eigenvalue weighted by Gasteiger charge is -2.05. The molecule has 94 valence electrons. The quantitative estimate of drug-likeness (QED) is 0.893. The van der Waals surface area contributed by atoms with Gasteiger partial charge in [-0.25, -0.2) is 0 Å². The maximum atomic E-state index is 12.1. The number of halogens is 2. The van der Waals surface area contributed by atoms with Gasteiger partial charge in [-0.1, -0.05) is 15.9 Å². The third-order valence-electron chi connectivity index (χ3n) is 2.39. The van der Waals surface area contributed by atoms with Gasteiger partial charge in [-0.3, -0.25) is 9.48 Å². The summed E-state index contributed by atoms with van der Waals surface area (Å²) in [6, 6.07) is 5.47. The SMILES string of the molecule is CCn1cc(NC(=O)c2cc(Br)ccc2Br)cn1. The molecular formula is C12H11Br2N3O. The van der Waals surface area contributed by atoms with Gasteiger partial charge < -0.3 is 5.32 Å². The lowest BCUT2D eigenvalue weighted by molar-refractivity contribution is 0.102. The van der Waals surface area contributed by atoms with Gasteiger partial charge in [0.2, 0.25) is 0 Å². The molecule has 0 saturated heterocycles. The molecule has 0 unspecified atom stereocenters. The third kappa shape index (κ3) is 3.00. The third-order valence-corrected chi connectivity index (χ3v) is 3.57. The fraction of sp³-hybridized carbons (Fsp3) is 0.167. The molecule has 1 amide bonds. The van der Waals surface area contributed by atoms with Crippen LogP contribution in [0.15, 0.2) is 39.5 Å². The van der Waals surface area contributed by atoms with Gasteiger partial charge in [-0.15, -0.1) is 0 Å². The molecule has 2 rings (SSSR count). The van der Waals surface area contributed by atoms with Crippen LogP contribution in [0.1, 0.15) is 17.3 Å². The minimum Gasteiger partial charge on any atom is -0.319 e. The Morgan fingerprint density at radius 3 is 2.89 bits per heavy atom. The number of aryl methyl sites for hydroxylation is 1. The van der Waals surface area contributed by atoms with Crippen molar-refractivity contribution in [3.05, 3.63) is 45.1 Å². The number of hydrogen-bond acceptors (Lipinski definition) is 2. The van der Waals surface area contributed by atoms with E-state index < -0.39 is 0 Å². The second-order valence-electron chi connectivity index (χ2n) is 3.66. The smallest absolute Gasteiger partial charge is 0.256 e. The number of carbonyl (C=O) groups excluding carboxylic acids is 1. The minimum atomic E-state index is -0.168. The summed E-state index contributed by atoms with van der Waals surface area (Å²) in [5.41, 5.74) is 1.27. The van der Waals surface area contributed by atoms with Gasteiger partial charge in [0, 0.05) is 21.7 Å². The van der Waals surface area contributed by atoms with E-state index in [9.17, 15) is 4.79 Å². The molecule has 18 heavy (non-hydrogen) atoms. The van der Waals surface area contributed by atoms with Crippen LogP contribution in [0.25, 0.3) is 0 Å². The Hall–Kier alpha value is -1.14. The van der Waals surface area contributed by atoms with E-state index in [4.69, 9.17) is 0 Å². The molecular weight excluding hydrogens is 362 g/mol. The predicted octanol–water partition coefficient (Wildman–Crippen LogP) is 3.68. The lowest BCUT2D eigenvalue weighted by atomic mass is 10.2. The fourth-order valence-corrected chi connectivity index (χ4v) is 2.26. The summed E-state index contributed by atoms with van der Waals surface area (Å²) in [6.45, 7) is 2.76. The highest BCUT2D eigenvalue weighted by Gasteiger charge is 2.11. The van der Waals surface area contributed by atoms with Gasteiger partial charge >= 0.3 is 0 Å². The summed E-state index contributed by atoms with van der Waals surface area (Å²) in [5.74, 6) is -0.168. The lowest BCUT2D eigenvalue weighted by Crippen LogP contribution is -2.12. The molecule has 0 atom stereocenters. The zero-order chi connectivity index (χ0) is 13.1. The van der Waals surface area contributed by atoms with Crippen molar-refractivity contribution in [2.75, 3.05) is 5.32 Å². The Balaban J connectivity index is 2.19. The molecule has 0 fully saturated rings. The van der Waals surface area contributed by atoms with E-state index in [1.54, 1.807) is 23.1 Å². The molecule has 1 aromatic heterocycles. The van der Waals surface area contributed by atoms with E-state index in [2.05, 4.69) is 42.3 Å². The molecule has 0 bridgehead atoms. The molecule has 0 radical (unpaired) electrons. The van der Waals surface area contributed by atoms with Crippen LogP contribution < -0.4 is 5.32 Å². The maximum Gasteiger partial charge on any atom is 0.256 e. The first-order chi connectivity index (χ1) is 8.60. The Morgan fingerprint density at radius 1 is 1.44 bits per heavy atom. The largest absolute Gasteiger partial charge is 0.319 e. The Kier molecular flexibility index (Phi) is 4.19. The second kappa shape index (κ2) is 5.67. The fourth-order valence-electron chi connectivity index (χ4n) is 1.47. The highest BCUT2D eigenvalue weighted by Crippen LogP contribution is 2.22. The number of rotatable bonds is 3. The average Bonchev–Trinajstić information content (AvgIpc) is 2.80. The Morgan fingerprint density at radius 2 is 2.22 bits per heavy atom. The highest BCUT2D eigenvalue weighted by molar-refractivity contribution is 9.11. The monoisotopic (exact) mass is 371 g/mol. The molecule has 0 aliphatic heterocycles. The van der Waals surface area contributed by atoms with E-state index >= 15 is 0 Å². The molecule has 1 N–H and O–H groups in total. The van der Waals surface area contributed by atoms with Crippen molar-refractivity contribution in [1.82, 2.24) is 9.78 Å². The maximum absolute atomic E-state index is 12.1. The van der Waals surface area contributed by atoms with Crippen LogP contribution in [0.2, 0.25) is 0 Å². The topological polar surface area (TPSA) is 46.9 Å². The number of hydrogen-bond donors (Lipinski definition) is 1. The molecule has 0 aliphatic rings. The standard InChI is InChI=1S/C12H11Br2N3O/c1-2-17-7-9(6-15-17)16-12(18)10-5-8(13)3-4-11(10)14/h3-7H,2H2,1H3,(H,16,18). The molecule has 2 aromatic rings. The van der Waals surface area contributed by atoms with E-state index in [0.29, 0.717) is 11.3 Å². The highest BCUT2D eigenvalue weighted by atomic mass is 79.9. The van der Waals surface area contributed by atoms with Crippen molar-refractivity contribution < 1.29 is 4.79 Å². The van der Waals surface area contributed by atoms with Crippen molar-refractivity contribution >= 4 is 43.5 Å². The Bertz CT molecular complexity index is 580. The van der Waals surface area contributed by atoms with Gasteiger partial charge in [-0.05, 0) is 41.1 Å². The molecule has 0 aliphatic carbocycles. The molecule has 6 heteroatoms. The van der Waals surface area contributed by atoms with Crippen molar-refractivity contribution in [3.8, 4) is 0 Å². The van der Waals surface area contributed by atoms with Crippen molar-refractivity contribution in [1.29, 1.82) is 0 Å². The summed E-state index contributed by atoms with van der Waals surface area (Å²) < 4.78 is 3.37. The molecule has 0 spiro atoms. The van der Waals surface area contributed by atoms with E-state index in [0.717, 1.165) is 15.5 Å². The van der Waals surface area contributed by atoms with E-state index in [-0.39, 0.29) is 5.91 Å². The zero-order valence-electron chi connectivity index (χ0n) is 9.65. The first kappa shape index (κ1) is 13.3. The normalized spacial score (nSPS) is 10.4. The number of nitrogens with one attached hydrogen (secondary N) is 1. The number of nitrogens with zero attached hydrogens (tertiary/aromatic N) is 2. The average molecular weight is 373 g/mol. The van der Waals surface area contributed by atoms with Crippen molar-refractivity contribution in [2.45, 2.75) is 13.5 Å². The first-order valence-corrected chi connectivity index (χ1v) is 6.97. The number of aromatic nitrogens is 2. The van der Waals surface area contributed by atoms with Crippen LogP contribution >= 0.6 is 31.9 Å². The van der Waals surface area contributed by atoms with Crippen LogP contribution in [0.4, 0.5) is 5.69 Å². The summed E-state index contributed by atoms with van der Waals surface area (Å²) in [4.78, 5) is 12.1. The summed E-state index contributed by atoms with van der Waals surface area (Å²) in [7, 11) is 0. The number of carbonyl (C=O) groups is 1. The zero-order valence-corrected chi connectivity index (χ0v) is 12.8. The molecule has 4 nitrogen and oxygen atoms in total. The number of amides is 1. The summed E-state index contributed by atoms with van der Waals surface area (Å²) >= 11 is 6.71. The van der Waals surface area contributed by atoms with E-state index in [1.165, 1.54) is 0 Å². The van der Waals surface area contributed by atoms with Gasteiger partial charge in [0.1, 0.15) is 0 Å². The Labute approximate surface area is 122 Å².